The topological polar surface area (TPSA) is 93.0 Å². The summed E-state index contributed by atoms with van der Waals surface area (Å²) in [7, 11) is 3.48. The number of benzene rings is 1. The number of aromatic nitrogens is 5. The zero-order valence-corrected chi connectivity index (χ0v) is 18.7. The van der Waals surface area contributed by atoms with Crippen LogP contribution in [0.3, 0.4) is 0 Å². The molecule has 0 atom stereocenters. The number of hydrogen-bond acceptors (Lipinski definition) is 8. The molecule has 4 rings (SSSR count). The summed E-state index contributed by atoms with van der Waals surface area (Å²) in [5.41, 5.74) is 2.51. The van der Waals surface area contributed by atoms with Gasteiger partial charge in [0.1, 0.15) is 23.6 Å². The standard InChI is InChI=1S/C19H23IN8O/c1-12-6-17(21-2)25-19(23-12)24-14-4-5-16(29-3)15(7-14)28-11-22-18(26-28)10-27-8-13(20)9-27/h4-7,11,13H,8-10H2,1-3H3,(H2,21,23,24,25). The van der Waals surface area contributed by atoms with Gasteiger partial charge in [-0.25, -0.2) is 14.6 Å². The number of hydrogen-bond donors (Lipinski definition) is 2. The van der Waals surface area contributed by atoms with Crippen molar-refractivity contribution in [1.82, 2.24) is 29.6 Å². The maximum Gasteiger partial charge on any atom is 0.229 e. The van der Waals surface area contributed by atoms with Crippen LogP contribution in [0, 0.1) is 6.92 Å². The van der Waals surface area contributed by atoms with Gasteiger partial charge in [-0.3, -0.25) is 4.90 Å². The maximum atomic E-state index is 5.53. The van der Waals surface area contributed by atoms with Gasteiger partial charge < -0.3 is 15.4 Å². The summed E-state index contributed by atoms with van der Waals surface area (Å²) in [5, 5.41) is 10.9. The number of ether oxygens (including phenoxy) is 1. The molecule has 9 nitrogen and oxygen atoms in total. The van der Waals surface area contributed by atoms with Crippen molar-refractivity contribution in [1.29, 1.82) is 0 Å². The second-order valence-electron chi connectivity index (χ2n) is 6.88. The van der Waals surface area contributed by atoms with E-state index in [9.17, 15) is 0 Å². The van der Waals surface area contributed by atoms with Crippen LogP contribution < -0.4 is 15.4 Å². The first-order valence-corrected chi connectivity index (χ1v) is 10.5. The zero-order chi connectivity index (χ0) is 20.4. The van der Waals surface area contributed by atoms with Crippen molar-refractivity contribution in [2.45, 2.75) is 17.4 Å². The summed E-state index contributed by atoms with van der Waals surface area (Å²) in [6.45, 7) is 4.87. The second-order valence-corrected chi connectivity index (χ2v) is 8.64. The molecule has 3 aromatic rings. The lowest BCUT2D eigenvalue weighted by molar-refractivity contribution is 0.184. The Kier molecular flexibility index (Phi) is 5.81. The first-order valence-electron chi connectivity index (χ1n) is 9.30. The van der Waals surface area contributed by atoms with Gasteiger partial charge in [-0.2, -0.15) is 4.98 Å². The highest BCUT2D eigenvalue weighted by Crippen LogP contribution is 2.27. The van der Waals surface area contributed by atoms with Crippen molar-refractivity contribution in [3.63, 3.8) is 0 Å². The Balaban J connectivity index is 1.57. The minimum absolute atomic E-state index is 0.524. The fourth-order valence-corrected chi connectivity index (χ4v) is 4.26. The van der Waals surface area contributed by atoms with E-state index >= 15 is 0 Å². The molecule has 152 valence electrons. The summed E-state index contributed by atoms with van der Waals surface area (Å²) in [6, 6.07) is 7.65. The highest BCUT2D eigenvalue weighted by atomic mass is 127. The molecule has 0 aliphatic carbocycles. The maximum absolute atomic E-state index is 5.53. The summed E-state index contributed by atoms with van der Waals surface area (Å²) < 4.78 is 8.00. The van der Waals surface area contributed by atoms with Crippen LogP contribution in [0.2, 0.25) is 0 Å². The van der Waals surface area contributed by atoms with Crippen LogP contribution in [-0.4, -0.2) is 60.8 Å². The fourth-order valence-electron chi connectivity index (χ4n) is 3.15. The van der Waals surface area contributed by atoms with Crippen molar-refractivity contribution >= 4 is 40.0 Å². The molecule has 0 spiro atoms. The molecule has 0 unspecified atom stereocenters. The van der Waals surface area contributed by atoms with Gasteiger partial charge in [-0.1, -0.05) is 22.6 Å². The Morgan fingerprint density at radius 3 is 2.79 bits per heavy atom. The molecule has 1 fully saturated rings. The summed E-state index contributed by atoms with van der Waals surface area (Å²) in [5.74, 6) is 2.80. The van der Waals surface area contributed by atoms with Gasteiger partial charge in [0.2, 0.25) is 5.95 Å². The summed E-state index contributed by atoms with van der Waals surface area (Å²) in [6.07, 6.45) is 1.72. The van der Waals surface area contributed by atoms with E-state index in [1.165, 1.54) is 0 Å². The lowest BCUT2D eigenvalue weighted by Gasteiger charge is -2.34. The minimum atomic E-state index is 0.524. The third-order valence-corrected chi connectivity index (χ3v) is 5.40. The van der Waals surface area contributed by atoms with Gasteiger partial charge in [0.15, 0.2) is 5.82 Å². The number of rotatable bonds is 7. The molecule has 0 amide bonds. The van der Waals surface area contributed by atoms with Crippen LogP contribution in [0.15, 0.2) is 30.6 Å². The molecule has 1 aliphatic rings. The molecule has 2 N–H and O–H groups in total. The van der Waals surface area contributed by atoms with E-state index in [0.717, 1.165) is 52.3 Å². The highest BCUT2D eigenvalue weighted by molar-refractivity contribution is 14.1. The largest absolute Gasteiger partial charge is 0.494 e. The van der Waals surface area contributed by atoms with Crippen molar-refractivity contribution in [2.24, 2.45) is 0 Å². The molecule has 29 heavy (non-hydrogen) atoms. The normalized spacial score (nSPS) is 14.5. The van der Waals surface area contributed by atoms with Crippen LogP contribution in [-0.2, 0) is 6.54 Å². The van der Waals surface area contributed by atoms with E-state index in [-0.39, 0.29) is 0 Å². The average molecular weight is 506 g/mol. The van der Waals surface area contributed by atoms with E-state index in [4.69, 9.17) is 4.74 Å². The SMILES string of the molecule is CNc1cc(C)nc(Nc2ccc(OC)c(-n3cnc(CN4CC(I)C4)n3)c2)n1. The van der Waals surface area contributed by atoms with E-state index in [2.05, 4.69) is 58.2 Å². The number of nitrogens with one attached hydrogen (secondary N) is 2. The molecule has 3 heterocycles. The van der Waals surface area contributed by atoms with Crippen LogP contribution in [0.25, 0.3) is 5.69 Å². The molecular weight excluding hydrogens is 483 g/mol. The Morgan fingerprint density at radius 2 is 2.07 bits per heavy atom. The first kappa shape index (κ1) is 19.8. The number of aryl methyl sites for hydroxylation is 1. The van der Waals surface area contributed by atoms with Gasteiger partial charge in [0.25, 0.3) is 0 Å². The average Bonchev–Trinajstić information content (AvgIpc) is 3.14. The van der Waals surface area contributed by atoms with Crippen molar-refractivity contribution in [3.8, 4) is 11.4 Å². The third kappa shape index (κ3) is 4.58. The van der Waals surface area contributed by atoms with Crippen LogP contribution in [0.4, 0.5) is 17.5 Å². The second kappa shape index (κ2) is 8.49. The smallest absolute Gasteiger partial charge is 0.229 e. The van der Waals surface area contributed by atoms with E-state index in [0.29, 0.717) is 11.7 Å². The van der Waals surface area contributed by atoms with Crippen molar-refractivity contribution in [2.75, 3.05) is 37.9 Å². The molecule has 1 aliphatic heterocycles. The predicted molar refractivity (Wildman–Crippen MR) is 121 cm³/mol. The Labute approximate surface area is 183 Å². The number of anilines is 3. The summed E-state index contributed by atoms with van der Waals surface area (Å²) >= 11 is 2.47. The Bertz CT molecular complexity index is 1000. The molecule has 1 saturated heterocycles. The number of nitrogens with zero attached hydrogens (tertiary/aromatic N) is 6. The van der Waals surface area contributed by atoms with Crippen LogP contribution in [0.5, 0.6) is 5.75 Å². The van der Waals surface area contributed by atoms with Crippen molar-refractivity contribution in [3.05, 3.63) is 42.1 Å². The third-order valence-electron chi connectivity index (χ3n) is 4.61. The predicted octanol–water partition coefficient (Wildman–Crippen LogP) is 2.78. The molecule has 0 radical (unpaired) electrons. The van der Waals surface area contributed by atoms with E-state index in [1.807, 2.05) is 38.2 Å². The quantitative estimate of drug-likeness (QED) is 0.374. The van der Waals surface area contributed by atoms with Gasteiger partial charge in [0, 0.05) is 41.5 Å². The molecular formula is C19H23IN8O. The molecule has 10 heteroatoms. The minimum Gasteiger partial charge on any atom is -0.494 e. The summed E-state index contributed by atoms with van der Waals surface area (Å²) in [4.78, 5) is 15.7. The van der Waals surface area contributed by atoms with Gasteiger partial charge in [-0.15, -0.1) is 5.10 Å². The monoisotopic (exact) mass is 506 g/mol. The molecule has 1 aromatic carbocycles. The lowest BCUT2D eigenvalue weighted by atomic mass is 10.2. The van der Waals surface area contributed by atoms with Gasteiger partial charge in [-0.05, 0) is 25.1 Å². The Hall–Kier alpha value is -2.47. The number of likely N-dealkylation sites (tertiary alicyclic amines) is 1. The molecule has 0 saturated carbocycles. The molecule has 0 bridgehead atoms. The Morgan fingerprint density at radius 1 is 1.24 bits per heavy atom. The zero-order valence-electron chi connectivity index (χ0n) is 16.6. The van der Waals surface area contributed by atoms with Crippen LogP contribution >= 0.6 is 22.6 Å². The van der Waals surface area contributed by atoms with E-state index in [1.54, 1.807) is 18.1 Å². The van der Waals surface area contributed by atoms with E-state index < -0.39 is 0 Å². The number of alkyl halides is 1. The highest BCUT2D eigenvalue weighted by Gasteiger charge is 2.25. The van der Waals surface area contributed by atoms with Gasteiger partial charge >= 0.3 is 0 Å². The van der Waals surface area contributed by atoms with Gasteiger partial charge in [0.05, 0.1) is 13.7 Å². The molecule has 2 aromatic heterocycles. The number of halogens is 1. The van der Waals surface area contributed by atoms with Crippen molar-refractivity contribution < 1.29 is 4.74 Å². The fraction of sp³-hybridized carbons (Fsp3) is 0.368. The van der Waals surface area contributed by atoms with Crippen LogP contribution in [0.1, 0.15) is 11.5 Å². The number of methoxy groups -OCH3 is 1. The lowest BCUT2D eigenvalue weighted by Crippen LogP contribution is -2.46. The first-order chi connectivity index (χ1) is 14.0.